The van der Waals surface area contributed by atoms with E-state index >= 15 is 0 Å². The predicted molar refractivity (Wildman–Crippen MR) is 43.9 cm³/mol. The number of aliphatic hydroxyl groups excluding tert-OH is 3. The second-order valence-corrected chi connectivity index (χ2v) is 3.11. The molecule has 0 amide bonds. The first-order valence-corrected chi connectivity index (χ1v) is 4.21. The third-order valence-electron chi connectivity index (χ3n) is 2.19. The molecule has 6 heteroatoms. The molecule has 1 aliphatic heterocycles. The Morgan fingerprint density at radius 3 is 2.43 bits per heavy atom. The molecule has 0 radical (unpaired) electrons. The van der Waals surface area contributed by atoms with E-state index < -0.39 is 30.7 Å². The van der Waals surface area contributed by atoms with Crippen LogP contribution in [0.1, 0.15) is 6.42 Å². The lowest BCUT2D eigenvalue weighted by molar-refractivity contribution is -0.288. The van der Waals surface area contributed by atoms with Crippen molar-refractivity contribution >= 4 is 0 Å². The molecule has 1 saturated heterocycles. The van der Waals surface area contributed by atoms with Gasteiger partial charge in [0.05, 0.1) is 12.5 Å². The van der Waals surface area contributed by atoms with Crippen LogP contribution in [0.3, 0.4) is 0 Å². The minimum absolute atomic E-state index is 0.0647. The lowest BCUT2D eigenvalue weighted by Crippen LogP contribution is -2.57. The van der Waals surface area contributed by atoms with E-state index in [1.807, 2.05) is 6.07 Å². The fourth-order valence-corrected chi connectivity index (χ4v) is 1.37. The highest BCUT2D eigenvalue weighted by Gasteiger charge is 2.43. The van der Waals surface area contributed by atoms with Crippen molar-refractivity contribution in [2.75, 3.05) is 7.11 Å². The summed E-state index contributed by atoms with van der Waals surface area (Å²) in [6.07, 6.45) is -5.83. The van der Waals surface area contributed by atoms with Crippen LogP contribution >= 0.6 is 0 Å². The number of methoxy groups -OCH3 is 1. The van der Waals surface area contributed by atoms with Crippen LogP contribution in [0, 0.1) is 11.3 Å². The van der Waals surface area contributed by atoms with Crippen LogP contribution in [0.4, 0.5) is 0 Å². The summed E-state index contributed by atoms with van der Waals surface area (Å²) in [5.41, 5.74) is 0. The van der Waals surface area contributed by atoms with Gasteiger partial charge < -0.3 is 24.8 Å². The predicted octanol–water partition coefficient (Wildman–Crippen LogP) is -1.65. The Morgan fingerprint density at radius 2 is 1.93 bits per heavy atom. The van der Waals surface area contributed by atoms with E-state index in [0.717, 1.165) is 0 Å². The topological polar surface area (TPSA) is 103 Å². The van der Waals surface area contributed by atoms with Crippen LogP contribution < -0.4 is 0 Å². The molecule has 2 unspecified atom stereocenters. The largest absolute Gasteiger partial charge is 0.388 e. The summed E-state index contributed by atoms with van der Waals surface area (Å²) in [6.45, 7) is 0. The molecule has 0 saturated carbocycles. The van der Waals surface area contributed by atoms with Gasteiger partial charge in [-0.15, -0.1) is 0 Å². The van der Waals surface area contributed by atoms with E-state index in [4.69, 9.17) is 14.7 Å². The van der Waals surface area contributed by atoms with Crippen LogP contribution in [0.25, 0.3) is 0 Å². The van der Waals surface area contributed by atoms with Crippen LogP contribution in [-0.4, -0.2) is 53.1 Å². The Labute approximate surface area is 81.3 Å². The molecule has 80 valence electrons. The molecule has 0 bridgehead atoms. The van der Waals surface area contributed by atoms with E-state index in [1.165, 1.54) is 7.11 Å². The fourth-order valence-electron chi connectivity index (χ4n) is 1.37. The van der Waals surface area contributed by atoms with Gasteiger partial charge in [-0.05, 0) is 0 Å². The summed E-state index contributed by atoms with van der Waals surface area (Å²) >= 11 is 0. The molecule has 0 aromatic carbocycles. The SMILES string of the molecule is CO[C@H]1OC(CC#N)[C@@H](O)C(O)[C@H]1O. The molecule has 1 rings (SSSR count). The number of aliphatic hydroxyl groups is 3. The van der Waals surface area contributed by atoms with E-state index in [9.17, 15) is 15.3 Å². The zero-order chi connectivity index (χ0) is 10.7. The van der Waals surface area contributed by atoms with Gasteiger partial charge in [0.2, 0.25) is 0 Å². The molecule has 0 aromatic heterocycles. The maximum Gasteiger partial charge on any atom is 0.186 e. The minimum Gasteiger partial charge on any atom is -0.388 e. The zero-order valence-electron chi connectivity index (χ0n) is 7.70. The van der Waals surface area contributed by atoms with Gasteiger partial charge in [0.1, 0.15) is 24.4 Å². The van der Waals surface area contributed by atoms with Gasteiger partial charge >= 0.3 is 0 Å². The highest BCUT2D eigenvalue weighted by atomic mass is 16.7. The first-order valence-electron chi connectivity index (χ1n) is 4.21. The summed E-state index contributed by atoms with van der Waals surface area (Å²) in [5.74, 6) is 0. The van der Waals surface area contributed by atoms with Crippen molar-refractivity contribution in [2.45, 2.75) is 37.1 Å². The number of hydrogen-bond acceptors (Lipinski definition) is 6. The molecule has 14 heavy (non-hydrogen) atoms. The highest BCUT2D eigenvalue weighted by molar-refractivity contribution is 4.92. The Balaban J connectivity index is 2.69. The third-order valence-corrected chi connectivity index (χ3v) is 2.19. The highest BCUT2D eigenvalue weighted by Crippen LogP contribution is 2.23. The number of hydrogen-bond donors (Lipinski definition) is 3. The number of nitrogens with zero attached hydrogens (tertiary/aromatic N) is 1. The summed E-state index contributed by atoms with van der Waals surface area (Å²) in [6, 6.07) is 1.81. The van der Waals surface area contributed by atoms with Gasteiger partial charge in [0, 0.05) is 7.11 Å². The normalized spacial score (nSPS) is 43.2. The summed E-state index contributed by atoms with van der Waals surface area (Å²) in [4.78, 5) is 0. The number of rotatable bonds is 2. The summed E-state index contributed by atoms with van der Waals surface area (Å²) < 4.78 is 9.81. The second kappa shape index (κ2) is 4.68. The van der Waals surface area contributed by atoms with Crippen LogP contribution in [0.15, 0.2) is 0 Å². The minimum atomic E-state index is -1.35. The smallest absolute Gasteiger partial charge is 0.186 e. The Bertz CT molecular complexity index is 226. The van der Waals surface area contributed by atoms with E-state index in [-0.39, 0.29) is 6.42 Å². The van der Waals surface area contributed by atoms with Crippen LogP contribution in [-0.2, 0) is 9.47 Å². The summed E-state index contributed by atoms with van der Waals surface area (Å²) in [7, 11) is 1.31. The van der Waals surface area contributed by atoms with Gasteiger partial charge in [-0.25, -0.2) is 0 Å². The third kappa shape index (κ3) is 2.03. The van der Waals surface area contributed by atoms with Crippen molar-refractivity contribution in [3.8, 4) is 6.07 Å². The number of nitriles is 1. The first-order chi connectivity index (χ1) is 6.61. The maximum atomic E-state index is 9.41. The van der Waals surface area contributed by atoms with Crippen molar-refractivity contribution in [3.05, 3.63) is 0 Å². The summed E-state index contributed by atoms with van der Waals surface area (Å²) in [5, 5.41) is 36.6. The van der Waals surface area contributed by atoms with E-state index in [2.05, 4.69) is 0 Å². The molecule has 1 fully saturated rings. The average molecular weight is 203 g/mol. The molecule has 3 N–H and O–H groups in total. The van der Waals surface area contributed by atoms with Crippen LogP contribution in [0.5, 0.6) is 0 Å². The van der Waals surface area contributed by atoms with Crippen molar-refractivity contribution in [1.82, 2.24) is 0 Å². The van der Waals surface area contributed by atoms with E-state index in [0.29, 0.717) is 0 Å². The Morgan fingerprint density at radius 1 is 1.29 bits per heavy atom. The van der Waals surface area contributed by atoms with Gasteiger partial charge in [0.25, 0.3) is 0 Å². The lowest BCUT2D eigenvalue weighted by atomic mass is 9.97. The monoisotopic (exact) mass is 203 g/mol. The molecular weight excluding hydrogens is 190 g/mol. The second-order valence-electron chi connectivity index (χ2n) is 3.11. The van der Waals surface area contributed by atoms with Crippen molar-refractivity contribution < 1.29 is 24.8 Å². The molecular formula is C8H13NO5. The van der Waals surface area contributed by atoms with Gasteiger partial charge in [-0.1, -0.05) is 0 Å². The molecule has 1 heterocycles. The van der Waals surface area contributed by atoms with Gasteiger partial charge in [-0.3, -0.25) is 0 Å². The fraction of sp³-hybridized carbons (Fsp3) is 0.875. The van der Waals surface area contributed by atoms with Crippen LogP contribution in [0.2, 0.25) is 0 Å². The van der Waals surface area contributed by atoms with Crippen molar-refractivity contribution in [1.29, 1.82) is 5.26 Å². The Hall–Kier alpha value is -0.710. The standard InChI is InChI=1S/C8H13NO5/c1-13-8-7(12)6(11)5(10)4(14-8)2-3-9/h4-8,10-12H,2H2,1H3/t4?,5-,6?,7-,8+/m1/s1. The average Bonchev–Trinajstić information content (AvgIpc) is 2.19. The van der Waals surface area contributed by atoms with Gasteiger partial charge in [0.15, 0.2) is 6.29 Å². The molecule has 6 nitrogen and oxygen atoms in total. The molecule has 1 aliphatic rings. The molecule has 0 spiro atoms. The molecule has 5 atom stereocenters. The zero-order valence-corrected chi connectivity index (χ0v) is 7.70. The number of ether oxygens (including phenoxy) is 2. The quantitative estimate of drug-likeness (QED) is 0.497. The maximum absolute atomic E-state index is 9.41. The Kier molecular flexibility index (Phi) is 3.80. The lowest BCUT2D eigenvalue weighted by Gasteiger charge is -2.38. The first kappa shape index (κ1) is 11.4. The van der Waals surface area contributed by atoms with Crippen molar-refractivity contribution in [3.63, 3.8) is 0 Å². The van der Waals surface area contributed by atoms with E-state index in [1.54, 1.807) is 0 Å². The molecule has 0 aromatic rings. The van der Waals surface area contributed by atoms with Crippen molar-refractivity contribution in [2.24, 2.45) is 0 Å². The van der Waals surface area contributed by atoms with Gasteiger partial charge in [-0.2, -0.15) is 5.26 Å². The molecule has 0 aliphatic carbocycles.